The van der Waals surface area contributed by atoms with Gasteiger partial charge in [-0.05, 0) is 23.6 Å². The lowest BCUT2D eigenvalue weighted by molar-refractivity contribution is 0.768. The summed E-state index contributed by atoms with van der Waals surface area (Å²) in [5.74, 6) is 0.935. The van der Waals surface area contributed by atoms with E-state index in [0.29, 0.717) is 22.6 Å². The molecule has 5 heteroatoms. The van der Waals surface area contributed by atoms with Crippen molar-refractivity contribution in [2.45, 2.75) is 19.8 Å². The van der Waals surface area contributed by atoms with Gasteiger partial charge in [-0.3, -0.25) is 9.48 Å². The molecule has 0 radical (unpaired) electrons. The van der Waals surface area contributed by atoms with Crippen LogP contribution in [0.15, 0.2) is 35.4 Å². The minimum absolute atomic E-state index is 0.114. The number of hydrogen-bond acceptors (Lipinski definition) is 3. The summed E-state index contributed by atoms with van der Waals surface area (Å²) >= 11 is 0. The largest absolute Gasteiger partial charge is 0.306 e. The molecule has 0 amide bonds. The van der Waals surface area contributed by atoms with Crippen LogP contribution < -0.4 is 5.56 Å². The normalized spacial score (nSPS) is 11.4. The fraction of sp³-hybridized carbons (Fsp3) is 0.267. The first-order chi connectivity index (χ1) is 9.54. The lowest BCUT2D eigenvalue weighted by Gasteiger charge is -2.06. The third-order valence-electron chi connectivity index (χ3n) is 3.37. The fourth-order valence-electron chi connectivity index (χ4n) is 2.20. The van der Waals surface area contributed by atoms with E-state index in [4.69, 9.17) is 0 Å². The van der Waals surface area contributed by atoms with Crippen LogP contribution in [0.1, 0.15) is 25.3 Å². The van der Waals surface area contributed by atoms with Gasteiger partial charge in [-0.1, -0.05) is 19.9 Å². The van der Waals surface area contributed by atoms with Crippen molar-refractivity contribution in [2.75, 3.05) is 0 Å². The Bertz CT molecular complexity index is 829. The summed E-state index contributed by atoms with van der Waals surface area (Å²) in [5.41, 5.74) is 2.53. The molecule has 1 aromatic carbocycles. The van der Waals surface area contributed by atoms with Crippen LogP contribution in [0.25, 0.3) is 22.3 Å². The van der Waals surface area contributed by atoms with E-state index in [0.717, 1.165) is 11.1 Å². The Hall–Kier alpha value is -2.43. The van der Waals surface area contributed by atoms with Gasteiger partial charge in [-0.2, -0.15) is 5.10 Å². The highest BCUT2D eigenvalue weighted by molar-refractivity contribution is 5.80. The van der Waals surface area contributed by atoms with Crippen LogP contribution in [0, 0.1) is 0 Å². The average molecular weight is 268 g/mol. The predicted octanol–water partition coefficient (Wildman–Crippen LogP) is 2.45. The molecule has 1 N–H and O–H groups in total. The number of aryl methyl sites for hydroxylation is 1. The molecule has 0 atom stereocenters. The van der Waals surface area contributed by atoms with Crippen molar-refractivity contribution in [3.05, 3.63) is 46.5 Å². The molecular weight excluding hydrogens is 252 g/mol. The second-order valence-corrected chi connectivity index (χ2v) is 5.25. The van der Waals surface area contributed by atoms with Gasteiger partial charge < -0.3 is 4.98 Å². The summed E-state index contributed by atoms with van der Waals surface area (Å²) in [6.45, 7) is 4.21. The van der Waals surface area contributed by atoms with Crippen molar-refractivity contribution in [1.82, 2.24) is 19.7 Å². The molecule has 0 unspecified atom stereocenters. The SMILES string of the molecule is CC(C)c1ccc2nc(-c3cnn(C)c3)[nH]c(=O)c2c1. The smallest absolute Gasteiger partial charge is 0.259 e. The van der Waals surface area contributed by atoms with Gasteiger partial charge in [0, 0.05) is 13.2 Å². The van der Waals surface area contributed by atoms with Crippen LogP contribution in [0.5, 0.6) is 0 Å². The summed E-state index contributed by atoms with van der Waals surface area (Å²) in [7, 11) is 1.83. The molecule has 0 fully saturated rings. The molecule has 0 aliphatic rings. The Labute approximate surface area is 116 Å². The molecule has 2 heterocycles. The summed E-state index contributed by atoms with van der Waals surface area (Å²) in [6, 6.07) is 5.84. The van der Waals surface area contributed by atoms with Gasteiger partial charge >= 0.3 is 0 Å². The summed E-state index contributed by atoms with van der Waals surface area (Å²) in [5, 5.41) is 4.72. The second kappa shape index (κ2) is 4.59. The molecule has 0 aliphatic carbocycles. The van der Waals surface area contributed by atoms with E-state index in [1.54, 1.807) is 10.9 Å². The number of nitrogens with zero attached hydrogens (tertiary/aromatic N) is 3. The molecule has 2 aromatic heterocycles. The van der Waals surface area contributed by atoms with Crippen LogP contribution in [-0.2, 0) is 7.05 Å². The average Bonchev–Trinajstić information content (AvgIpc) is 2.85. The summed E-state index contributed by atoms with van der Waals surface area (Å²) in [4.78, 5) is 19.6. The molecular formula is C15H16N4O. The first kappa shape index (κ1) is 12.6. The first-order valence-corrected chi connectivity index (χ1v) is 6.57. The van der Waals surface area contributed by atoms with Crippen molar-refractivity contribution in [1.29, 1.82) is 0 Å². The molecule has 0 bridgehead atoms. The van der Waals surface area contributed by atoms with Crippen molar-refractivity contribution in [3.8, 4) is 11.4 Å². The number of H-pyrrole nitrogens is 1. The van der Waals surface area contributed by atoms with Crippen LogP contribution in [-0.4, -0.2) is 19.7 Å². The molecule has 0 spiro atoms. The zero-order chi connectivity index (χ0) is 14.3. The van der Waals surface area contributed by atoms with Gasteiger partial charge in [0.2, 0.25) is 0 Å². The van der Waals surface area contributed by atoms with Gasteiger partial charge in [0.15, 0.2) is 0 Å². The van der Waals surface area contributed by atoms with E-state index in [-0.39, 0.29) is 5.56 Å². The van der Waals surface area contributed by atoms with Crippen molar-refractivity contribution < 1.29 is 0 Å². The van der Waals surface area contributed by atoms with Crippen LogP contribution in [0.2, 0.25) is 0 Å². The molecule has 0 saturated heterocycles. The van der Waals surface area contributed by atoms with E-state index in [1.807, 2.05) is 31.4 Å². The maximum absolute atomic E-state index is 12.2. The Balaban J connectivity index is 2.20. The highest BCUT2D eigenvalue weighted by Crippen LogP contribution is 2.20. The zero-order valence-corrected chi connectivity index (χ0v) is 11.7. The van der Waals surface area contributed by atoms with Crippen LogP contribution in [0.4, 0.5) is 0 Å². The number of aromatic nitrogens is 4. The standard InChI is InChI=1S/C15H16N4O/c1-9(2)10-4-5-13-12(6-10)15(20)18-14(17-13)11-7-16-19(3)8-11/h4-9H,1-3H3,(H,17,18,20). The maximum Gasteiger partial charge on any atom is 0.259 e. The van der Waals surface area contributed by atoms with Crippen molar-refractivity contribution in [2.24, 2.45) is 7.05 Å². The van der Waals surface area contributed by atoms with Crippen LogP contribution >= 0.6 is 0 Å². The molecule has 102 valence electrons. The second-order valence-electron chi connectivity index (χ2n) is 5.25. The molecule has 20 heavy (non-hydrogen) atoms. The topological polar surface area (TPSA) is 63.6 Å². The molecule has 0 aliphatic heterocycles. The Morgan fingerprint density at radius 2 is 2.10 bits per heavy atom. The quantitative estimate of drug-likeness (QED) is 0.776. The third-order valence-corrected chi connectivity index (χ3v) is 3.37. The summed E-state index contributed by atoms with van der Waals surface area (Å²) < 4.78 is 1.68. The maximum atomic E-state index is 12.2. The number of hydrogen-bond donors (Lipinski definition) is 1. The van der Waals surface area contributed by atoms with Crippen molar-refractivity contribution in [3.63, 3.8) is 0 Å². The predicted molar refractivity (Wildman–Crippen MR) is 78.7 cm³/mol. The lowest BCUT2D eigenvalue weighted by atomic mass is 10.0. The number of aromatic amines is 1. The first-order valence-electron chi connectivity index (χ1n) is 6.57. The number of nitrogens with one attached hydrogen (secondary N) is 1. The van der Waals surface area contributed by atoms with Crippen LogP contribution in [0.3, 0.4) is 0 Å². The number of rotatable bonds is 2. The monoisotopic (exact) mass is 268 g/mol. The molecule has 5 nitrogen and oxygen atoms in total. The number of benzene rings is 1. The van der Waals surface area contributed by atoms with Gasteiger partial charge in [0.1, 0.15) is 5.82 Å². The Morgan fingerprint density at radius 3 is 2.75 bits per heavy atom. The highest BCUT2D eigenvalue weighted by atomic mass is 16.1. The zero-order valence-electron chi connectivity index (χ0n) is 11.7. The van der Waals surface area contributed by atoms with E-state index in [9.17, 15) is 4.79 Å². The van der Waals surface area contributed by atoms with Gasteiger partial charge in [-0.15, -0.1) is 0 Å². The van der Waals surface area contributed by atoms with E-state index in [1.165, 1.54) is 0 Å². The summed E-state index contributed by atoms with van der Waals surface area (Å²) in [6.07, 6.45) is 3.51. The minimum Gasteiger partial charge on any atom is -0.306 e. The van der Waals surface area contributed by atoms with Gasteiger partial charge in [-0.25, -0.2) is 4.98 Å². The van der Waals surface area contributed by atoms with E-state index in [2.05, 4.69) is 28.9 Å². The van der Waals surface area contributed by atoms with E-state index >= 15 is 0 Å². The van der Waals surface area contributed by atoms with E-state index < -0.39 is 0 Å². The highest BCUT2D eigenvalue weighted by Gasteiger charge is 2.09. The molecule has 0 saturated carbocycles. The third kappa shape index (κ3) is 2.11. The van der Waals surface area contributed by atoms with Crippen molar-refractivity contribution >= 4 is 10.9 Å². The van der Waals surface area contributed by atoms with Gasteiger partial charge in [0.05, 0.1) is 22.7 Å². The molecule has 3 aromatic rings. The van der Waals surface area contributed by atoms with Gasteiger partial charge in [0.25, 0.3) is 5.56 Å². The molecule has 3 rings (SSSR count). The Kier molecular flexibility index (Phi) is 2.89. The number of fused-ring (bicyclic) bond motifs is 1. The Morgan fingerprint density at radius 1 is 1.30 bits per heavy atom. The fourth-order valence-corrected chi connectivity index (χ4v) is 2.20. The minimum atomic E-state index is -0.114. The lowest BCUT2D eigenvalue weighted by Crippen LogP contribution is -2.10.